The van der Waals surface area contributed by atoms with Gasteiger partial charge in [0.1, 0.15) is 5.75 Å². The van der Waals surface area contributed by atoms with Crippen molar-refractivity contribution in [1.82, 2.24) is 0 Å². The summed E-state index contributed by atoms with van der Waals surface area (Å²) in [5, 5.41) is 3.06. The number of anilines is 2. The molecule has 1 heterocycles. The highest BCUT2D eigenvalue weighted by Gasteiger charge is 2.37. The molecule has 1 aliphatic rings. The molecule has 0 radical (unpaired) electrons. The molecule has 0 unspecified atom stereocenters. The summed E-state index contributed by atoms with van der Waals surface area (Å²) in [4.78, 5) is 51.2. The number of fused-ring (bicyclic) bond motifs is 1. The van der Waals surface area contributed by atoms with Crippen LogP contribution in [0.1, 0.15) is 31.1 Å². The third-order valence-electron chi connectivity index (χ3n) is 4.97. The molecule has 172 valence electrons. The van der Waals surface area contributed by atoms with Gasteiger partial charge in [-0.25, -0.2) is 9.69 Å². The molecular weight excluding hydrogens is 483 g/mol. The van der Waals surface area contributed by atoms with Crippen LogP contribution in [-0.2, 0) is 9.53 Å². The van der Waals surface area contributed by atoms with Crippen LogP contribution in [0.2, 0.25) is 10.0 Å². The van der Waals surface area contributed by atoms with Crippen LogP contribution in [0.5, 0.6) is 5.75 Å². The maximum Gasteiger partial charge on any atom is 0.338 e. The first-order chi connectivity index (χ1) is 16.3. The van der Waals surface area contributed by atoms with Gasteiger partial charge in [0.25, 0.3) is 17.7 Å². The third-order valence-corrected chi connectivity index (χ3v) is 5.71. The molecule has 0 aromatic heterocycles. The molecule has 0 saturated carbocycles. The summed E-state index contributed by atoms with van der Waals surface area (Å²) in [6, 6.07) is 15.0. The highest BCUT2D eigenvalue weighted by Crippen LogP contribution is 2.33. The molecule has 1 N–H and O–H groups in total. The Balaban J connectivity index is 1.45. The number of amides is 3. The summed E-state index contributed by atoms with van der Waals surface area (Å²) < 4.78 is 10.1. The minimum atomic E-state index is -0.822. The van der Waals surface area contributed by atoms with Crippen molar-refractivity contribution in [2.75, 3.05) is 23.9 Å². The zero-order chi connectivity index (χ0) is 24.4. The first-order valence-corrected chi connectivity index (χ1v) is 10.6. The van der Waals surface area contributed by atoms with Crippen molar-refractivity contribution in [1.29, 1.82) is 0 Å². The Labute approximate surface area is 204 Å². The van der Waals surface area contributed by atoms with Crippen LogP contribution in [0, 0.1) is 0 Å². The van der Waals surface area contributed by atoms with E-state index in [1.807, 2.05) is 0 Å². The van der Waals surface area contributed by atoms with Crippen molar-refractivity contribution in [2.24, 2.45) is 0 Å². The molecule has 4 rings (SSSR count). The fraction of sp³-hybridized carbons (Fsp3) is 0.0833. The van der Waals surface area contributed by atoms with Gasteiger partial charge in [-0.05, 0) is 48.5 Å². The van der Waals surface area contributed by atoms with Crippen molar-refractivity contribution in [3.05, 3.63) is 87.4 Å². The average Bonchev–Trinajstić information content (AvgIpc) is 3.08. The lowest BCUT2D eigenvalue weighted by molar-refractivity contribution is -0.119. The van der Waals surface area contributed by atoms with Crippen molar-refractivity contribution in [2.45, 2.75) is 0 Å². The molecule has 3 aromatic rings. The highest BCUT2D eigenvalue weighted by atomic mass is 35.5. The van der Waals surface area contributed by atoms with Gasteiger partial charge < -0.3 is 14.8 Å². The van der Waals surface area contributed by atoms with Gasteiger partial charge in [-0.15, -0.1) is 0 Å². The van der Waals surface area contributed by atoms with Gasteiger partial charge in [-0.3, -0.25) is 14.4 Å². The van der Waals surface area contributed by atoms with Crippen LogP contribution in [0.3, 0.4) is 0 Å². The Hall–Kier alpha value is -3.88. The van der Waals surface area contributed by atoms with Crippen molar-refractivity contribution < 1.29 is 28.7 Å². The number of esters is 1. The number of benzene rings is 3. The summed E-state index contributed by atoms with van der Waals surface area (Å²) in [6.07, 6.45) is 0. The van der Waals surface area contributed by atoms with E-state index in [0.29, 0.717) is 11.4 Å². The zero-order valence-electron chi connectivity index (χ0n) is 17.6. The normalized spacial score (nSPS) is 12.4. The van der Waals surface area contributed by atoms with E-state index < -0.39 is 30.3 Å². The number of carbonyl (C=O) groups is 4. The lowest BCUT2D eigenvalue weighted by atomic mass is 10.1. The van der Waals surface area contributed by atoms with E-state index in [4.69, 9.17) is 32.7 Å². The first kappa shape index (κ1) is 23.3. The second kappa shape index (κ2) is 9.54. The van der Waals surface area contributed by atoms with E-state index in [9.17, 15) is 19.2 Å². The van der Waals surface area contributed by atoms with E-state index in [-0.39, 0.29) is 32.4 Å². The predicted molar refractivity (Wildman–Crippen MR) is 126 cm³/mol. The molecule has 34 heavy (non-hydrogen) atoms. The lowest BCUT2D eigenvalue weighted by Gasteiger charge is -2.14. The molecule has 0 spiro atoms. The van der Waals surface area contributed by atoms with Crippen LogP contribution in [0.15, 0.2) is 60.7 Å². The number of rotatable bonds is 6. The number of ether oxygens (including phenoxy) is 2. The van der Waals surface area contributed by atoms with Crippen molar-refractivity contribution >= 4 is 58.3 Å². The summed E-state index contributed by atoms with van der Waals surface area (Å²) in [7, 11) is 1.50. The largest absolute Gasteiger partial charge is 0.497 e. The Morgan fingerprint density at radius 3 is 2.41 bits per heavy atom. The Bertz CT molecular complexity index is 1340. The molecule has 0 fully saturated rings. The molecule has 1 aliphatic heterocycles. The smallest absolute Gasteiger partial charge is 0.338 e. The number of halogens is 2. The number of imide groups is 1. The lowest BCUT2D eigenvalue weighted by Crippen LogP contribution is -2.29. The van der Waals surface area contributed by atoms with Gasteiger partial charge in [0, 0.05) is 11.8 Å². The minimum absolute atomic E-state index is 0.0186. The second-order valence-electron chi connectivity index (χ2n) is 7.16. The van der Waals surface area contributed by atoms with Gasteiger partial charge in [-0.2, -0.15) is 0 Å². The highest BCUT2D eigenvalue weighted by molar-refractivity contribution is 6.42. The maximum absolute atomic E-state index is 12.9. The number of carbonyl (C=O) groups excluding carboxylic acids is 4. The first-order valence-electron chi connectivity index (χ1n) is 9.87. The molecule has 8 nitrogen and oxygen atoms in total. The molecule has 0 aliphatic carbocycles. The number of hydrogen-bond acceptors (Lipinski definition) is 6. The number of hydrogen-bond donors (Lipinski definition) is 1. The standard InChI is InChI=1S/C24H16Cl2N2O6/c1-33-16-4-2-3-14(10-16)27-21(29)12-34-24(32)13-5-7-17-18(9-13)23(31)28(22(17)30)15-6-8-19(25)20(26)11-15/h2-11H,12H2,1H3,(H,27,29). The van der Waals surface area contributed by atoms with Crippen LogP contribution in [0.25, 0.3) is 0 Å². The van der Waals surface area contributed by atoms with Crippen LogP contribution < -0.4 is 15.0 Å². The second-order valence-corrected chi connectivity index (χ2v) is 7.98. The minimum Gasteiger partial charge on any atom is -0.497 e. The van der Waals surface area contributed by atoms with Gasteiger partial charge in [0.05, 0.1) is 39.5 Å². The Morgan fingerprint density at radius 2 is 1.68 bits per heavy atom. The summed E-state index contributed by atoms with van der Waals surface area (Å²) >= 11 is 11.9. The van der Waals surface area contributed by atoms with E-state index in [1.54, 1.807) is 24.3 Å². The number of methoxy groups -OCH3 is 1. The van der Waals surface area contributed by atoms with Crippen LogP contribution in [-0.4, -0.2) is 37.4 Å². The van der Waals surface area contributed by atoms with Crippen molar-refractivity contribution in [3.63, 3.8) is 0 Å². The quantitative estimate of drug-likeness (QED) is 0.393. The predicted octanol–water partition coefficient (Wildman–Crippen LogP) is 4.60. The van der Waals surface area contributed by atoms with E-state index in [0.717, 1.165) is 4.90 Å². The number of nitrogens with one attached hydrogen (secondary N) is 1. The van der Waals surface area contributed by atoms with E-state index in [2.05, 4.69) is 5.32 Å². The average molecular weight is 499 g/mol. The molecule has 3 aromatic carbocycles. The van der Waals surface area contributed by atoms with Gasteiger partial charge in [0.2, 0.25) is 0 Å². The summed E-state index contributed by atoms with van der Waals surface area (Å²) in [6.45, 7) is -0.546. The molecule has 0 saturated heterocycles. The summed E-state index contributed by atoms with van der Waals surface area (Å²) in [5.41, 5.74) is 0.906. The Kier molecular flexibility index (Phi) is 6.54. The zero-order valence-corrected chi connectivity index (χ0v) is 19.1. The fourth-order valence-electron chi connectivity index (χ4n) is 3.34. The van der Waals surface area contributed by atoms with E-state index in [1.165, 1.54) is 43.5 Å². The Morgan fingerprint density at radius 1 is 0.912 bits per heavy atom. The molecular formula is C24H16Cl2N2O6. The third kappa shape index (κ3) is 4.59. The molecule has 10 heteroatoms. The van der Waals surface area contributed by atoms with E-state index >= 15 is 0 Å². The topological polar surface area (TPSA) is 102 Å². The number of nitrogens with zero attached hydrogens (tertiary/aromatic N) is 1. The van der Waals surface area contributed by atoms with Crippen molar-refractivity contribution in [3.8, 4) is 5.75 Å². The monoisotopic (exact) mass is 498 g/mol. The van der Waals surface area contributed by atoms with Crippen LogP contribution >= 0.6 is 23.2 Å². The van der Waals surface area contributed by atoms with Gasteiger partial charge in [-0.1, -0.05) is 29.3 Å². The molecule has 3 amide bonds. The van der Waals surface area contributed by atoms with Gasteiger partial charge >= 0.3 is 5.97 Å². The SMILES string of the molecule is COc1cccc(NC(=O)COC(=O)c2ccc3c(c2)C(=O)N(c2ccc(Cl)c(Cl)c2)C3=O)c1. The van der Waals surface area contributed by atoms with Crippen LogP contribution in [0.4, 0.5) is 11.4 Å². The molecule has 0 atom stereocenters. The fourth-order valence-corrected chi connectivity index (χ4v) is 3.63. The summed E-state index contributed by atoms with van der Waals surface area (Å²) in [5.74, 6) is -2.00. The maximum atomic E-state index is 12.9. The molecule has 0 bridgehead atoms. The van der Waals surface area contributed by atoms with Gasteiger partial charge in [0.15, 0.2) is 6.61 Å².